The van der Waals surface area contributed by atoms with Crippen LogP contribution in [0.15, 0.2) is 0 Å². The molecule has 0 aromatic rings. The fourth-order valence-electron chi connectivity index (χ4n) is 0.353. The van der Waals surface area contributed by atoms with Gasteiger partial charge in [-0.3, -0.25) is 0 Å². The first-order valence-corrected chi connectivity index (χ1v) is 4.86. The van der Waals surface area contributed by atoms with Crippen LogP contribution < -0.4 is 0 Å². The Morgan fingerprint density at radius 2 is 1.89 bits per heavy atom. The summed E-state index contributed by atoms with van der Waals surface area (Å²) >= 11 is 0. The van der Waals surface area contributed by atoms with E-state index in [-0.39, 0.29) is 6.35 Å². The maximum atomic E-state index is 8.37. The van der Waals surface area contributed by atoms with Crippen molar-refractivity contribution in [3.8, 4) is 0 Å². The summed E-state index contributed by atoms with van der Waals surface area (Å²) in [5.74, 6) is 0. The molecule has 0 bridgehead atoms. The van der Waals surface area contributed by atoms with Gasteiger partial charge in [-0.1, -0.05) is 0 Å². The topological polar surface area (TPSA) is 69.9 Å². The summed E-state index contributed by atoms with van der Waals surface area (Å²) in [6.07, 6.45) is 0.491. The van der Waals surface area contributed by atoms with E-state index in [0.717, 1.165) is 6.42 Å². The molecule has 0 fully saturated rings. The number of rotatable bonds is 4. The van der Waals surface area contributed by atoms with E-state index in [1.54, 1.807) is 0 Å². The molecule has 0 aliphatic heterocycles. The minimum absolute atomic E-state index is 0.319. The summed E-state index contributed by atoms with van der Waals surface area (Å²) in [5, 5.41) is 0. The first-order chi connectivity index (χ1) is 4.06. The van der Waals surface area contributed by atoms with Crippen LogP contribution in [-0.2, 0) is 4.74 Å². The Labute approximate surface area is 54.7 Å². The zero-order chi connectivity index (χ0) is 7.33. The van der Waals surface area contributed by atoms with E-state index >= 15 is 0 Å². The summed E-state index contributed by atoms with van der Waals surface area (Å²) in [6, 6.07) is 0. The van der Waals surface area contributed by atoms with Gasteiger partial charge >= 0.3 is 53.7 Å². The summed E-state index contributed by atoms with van der Waals surface area (Å²) in [7, 11) is -3.92. The Kier molecular flexibility index (Phi) is 4.27. The van der Waals surface area contributed by atoms with Crippen LogP contribution in [0.5, 0.6) is 0 Å². The van der Waals surface area contributed by atoms with Crippen molar-refractivity contribution in [2.45, 2.75) is 13.3 Å². The van der Waals surface area contributed by atoms with Crippen LogP contribution in [0.2, 0.25) is 0 Å². The SMILES string of the molecule is CCCOC[PH](O)(O)O. The Bertz CT molecular complexity index is 69.5. The molecule has 0 aliphatic carbocycles. The van der Waals surface area contributed by atoms with Gasteiger partial charge in [0, 0.05) is 0 Å². The van der Waals surface area contributed by atoms with E-state index in [2.05, 4.69) is 4.74 Å². The fraction of sp³-hybridized carbons (Fsp3) is 1.00. The second-order valence-corrected chi connectivity index (χ2v) is 3.66. The molecule has 3 N–H and O–H groups in total. The van der Waals surface area contributed by atoms with Crippen molar-refractivity contribution in [1.82, 2.24) is 0 Å². The molecule has 0 rings (SSSR count). The van der Waals surface area contributed by atoms with Crippen molar-refractivity contribution in [3.63, 3.8) is 0 Å². The van der Waals surface area contributed by atoms with E-state index in [1.165, 1.54) is 0 Å². The van der Waals surface area contributed by atoms with Gasteiger partial charge in [0.05, 0.1) is 0 Å². The van der Waals surface area contributed by atoms with Gasteiger partial charge in [0.2, 0.25) is 0 Å². The molecular weight excluding hydrogens is 143 g/mol. The Morgan fingerprint density at radius 3 is 2.22 bits per heavy atom. The van der Waals surface area contributed by atoms with Gasteiger partial charge in [-0.2, -0.15) is 0 Å². The number of ether oxygens (including phenoxy) is 1. The van der Waals surface area contributed by atoms with Crippen molar-refractivity contribution < 1.29 is 19.4 Å². The predicted molar refractivity (Wildman–Crippen MR) is 36.1 cm³/mol. The third-order valence-electron chi connectivity index (χ3n) is 0.644. The summed E-state index contributed by atoms with van der Waals surface area (Å²) in [6.45, 7) is 2.35. The molecule has 0 saturated carbocycles. The molecule has 0 unspecified atom stereocenters. The van der Waals surface area contributed by atoms with Crippen LogP contribution in [0.1, 0.15) is 13.3 Å². The summed E-state index contributed by atoms with van der Waals surface area (Å²) in [5.41, 5.74) is 0. The third-order valence-corrected chi connectivity index (χ3v) is 1.24. The average molecular weight is 156 g/mol. The van der Waals surface area contributed by atoms with Crippen LogP contribution in [0.4, 0.5) is 0 Å². The second-order valence-electron chi connectivity index (χ2n) is 1.83. The molecule has 0 aromatic carbocycles. The van der Waals surface area contributed by atoms with Gasteiger partial charge in [0.25, 0.3) is 0 Å². The van der Waals surface area contributed by atoms with E-state index in [9.17, 15) is 0 Å². The molecule has 0 aliphatic rings. The van der Waals surface area contributed by atoms with Crippen molar-refractivity contribution >= 4 is 7.94 Å². The molecule has 4 nitrogen and oxygen atoms in total. The van der Waals surface area contributed by atoms with Gasteiger partial charge in [-0.15, -0.1) is 0 Å². The monoisotopic (exact) mass is 156 g/mol. The first kappa shape index (κ1) is 9.27. The molecule has 58 valence electrons. The fourth-order valence-corrected chi connectivity index (χ4v) is 0.772. The zero-order valence-electron chi connectivity index (χ0n) is 5.37. The molecule has 0 amide bonds. The normalized spacial score (nSPS) is 13.8. The molecule has 0 heterocycles. The minimum atomic E-state index is -3.92. The Balaban J connectivity index is 3.07. The van der Waals surface area contributed by atoms with Crippen LogP contribution in [0, 0.1) is 0 Å². The molecule has 5 heteroatoms. The Morgan fingerprint density at radius 1 is 1.33 bits per heavy atom. The van der Waals surface area contributed by atoms with E-state index in [4.69, 9.17) is 14.7 Å². The molecule has 0 atom stereocenters. The summed E-state index contributed by atoms with van der Waals surface area (Å²) in [4.78, 5) is 25.1. The first-order valence-electron chi connectivity index (χ1n) is 2.81. The average Bonchev–Trinajstić information content (AvgIpc) is 1.63. The van der Waals surface area contributed by atoms with Crippen molar-refractivity contribution in [2.75, 3.05) is 13.0 Å². The maximum absolute atomic E-state index is 8.37. The van der Waals surface area contributed by atoms with Crippen LogP contribution >= 0.6 is 7.94 Å². The van der Waals surface area contributed by atoms with Crippen molar-refractivity contribution in [1.29, 1.82) is 0 Å². The van der Waals surface area contributed by atoms with Gasteiger partial charge < -0.3 is 0 Å². The molecular formula is C4H13O4P. The van der Waals surface area contributed by atoms with Crippen LogP contribution in [-0.4, -0.2) is 27.6 Å². The van der Waals surface area contributed by atoms with E-state index in [0.29, 0.717) is 6.61 Å². The molecule has 0 saturated heterocycles. The standard InChI is InChI=1S/C4H13O4P/c1-2-3-8-4-9(5,6)7/h5-7,9H,2-4H2,1H3. The van der Waals surface area contributed by atoms with Crippen molar-refractivity contribution in [2.24, 2.45) is 0 Å². The van der Waals surface area contributed by atoms with Crippen LogP contribution in [0.3, 0.4) is 0 Å². The summed E-state index contributed by atoms with van der Waals surface area (Å²) < 4.78 is 4.66. The molecule has 0 spiro atoms. The number of hydrogen-bond donors (Lipinski definition) is 3. The van der Waals surface area contributed by atoms with Gasteiger partial charge in [-0.05, 0) is 0 Å². The molecule has 0 aromatic heterocycles. The van der Waals surface area contributed by atoms with Crippen LogP contribution in [0.25, 0.3) is 0 Å². The van der Waals surface area contributed by atoms with E-state index < -0.39 is 7.94 Å². The molecule has 0 radical (unpaired) electrons. The second kappa shape index (κ2) is 4.14. The Hall–Kier alpha value is 0.270. The van der Waals surface area contributed by atoms with E-state index in [1.807, 2.05) is 6.92 Å². The van der Waals surface area contributed by atoms with Gasteiger partial charge in [-0.25, -0.2) is 0 Å². The van der Waals surface area contributed by atoms with Crippen molar-refractivity contribution in [3.05, 3.63) is 0 Å². The van der Waals surface area contributed by atoms with Gasteiger partial charge in [0.15, 0.2) is 0 Å². The predicted octanol–water partition coefficient (Wildman–Crippen LogP) is -0.158. The number of hydrogen-bond acceptors (Lipinski definition) is 4. The zero-order valence-corrected chi connectivity index (χ0v) is 6.37. The van der Waals surface area contributed by atoms with Gasteiger partial charge in [0.1, 0.15) is 0 Å². The third kappa shape index (κ3) is 8.27. The quantitative estimate of drug-likeness (QED) is 0.391. The molecule has 9 heavy (non-hydrogen) atoms.